The predicted octanol–water partition coefficient (Wildman–Crippen LogP) is 1.50. The van der Waals surface area contributed by atoms with Crippen molar-refractivity contribution in [3.63, 3.8) is 0 Å². The Labute approximate surface area is 142 Å². The van der Waals surface area contributed by atoms with Crippen LogP contribution in [0.3, 0.4) is 0 Å². The molecule has 1 heterocycles. The van der Waals surface area contributed by atoms with Crippen LogP contribution in [0.15, 0.2) is 29.3 Å². The third-order valence-corrected chi connectivity index (χ3v) is 3.65. The molecule has 1 fully saturated rings. The van der Waals surface area contributed by atoms with Crippen molar-refractivity contribution < 1.29 is 21.9 Å². The minimum atomic E-state index is -4.40. The summed E-state index contributed by atoms with van der Waals surface area (Å²) in [7, 11) is -4.40. The fourth-order valence-electron chi connectivity index (χ4n) is 1.97. The van der Waals surface area contributed by atoms with Gasteiger partial charge in [-0.05, 0) is 24.1 Å². The van der Waals surface area contributed by atoms with Crippen LogP contribution in [0, 0.1) is 5.41 Å². The number of hydrogen-bond donors (Lipinski definition) is 2. The van der Waals surface area contributed by atoms with E-state index in [9.17, 15) is 8.42 Å². The molecule has 1 aromatic carbocycles. The molecule has 0 spiro atoms. The van der Waals surface area contributed by atoms with Gasteiger partial charge in [-0.1, -0.05) is 19.1 Å². The van der Waals surface area contributed by atoms with Crippen molar-refractivity contribution in [3.8, 4) is 5.75 Å². The summed E-state index contributed by atoms with van der Waals surface area (Å²) in [6.07, 6.45) is 0.867. The quantitative estimate of drug-likeness (QED) is 0.589. The van der Waals surface area contributed by atoms with Crippen LogP contribution in [-0.2, 0) is 21.6 Å². The molecule has 0 amide bonds. The number of ether oxygens (including phenoxy) is 1. The van der Waals surface area contributed by atoms with Crippen LogP contribution >= 0.6 is 0 Å². The van der Waals surface area contributed by atoms with Crippen molar-refractivity contribution in [2.45, 2.75) is 13.3 Å². The maximum atomic E-state index is 10.3. The standard InChI is InChI=1S/C8H10O4S.C7H13N3O/c1-2-7-3-5-8(6-4-7)12-13(9,10)11;8-7-9-1-2-10-3-5-11-6-4-10/h3-6H,2H2,1H3,(H,9,10,11);8H,1-6H2. The first-order chi connectivity index (χ1) is 11.4. The SMILES string of the molecule is CCc1ccc(OS(=O)(=O)O)cc1.N=C=NCCN1CCOCC1. The lowest BCUT2D eigenvalue weighted by molar-refractivity contribution is 0.0395. The van der Waals surface area contributed by atoms with Gasteiger partial charge >= 0.3 is 10.4 Å². The van der Waals surface area contributed by atoms with Gasteiger partial charge in [-0.3, -0.25) is 9.45 Å². The Bertz CT molecular complexity index is 621. The Morgan fingerprint density at radius 1 is 1.33 bits per heavy atom. The molecule has 0 radical (unpaired) electrons. The summed E-state index contributed by atoms with van der Waals surface area (Å²) in [4.78, 5) is 5.98. The van der Waals surface area contributed by atoms with Gasteiger partial charge in [0.05, 0.1) is 25.8 Å². The highest BCUT2D eigenvalue weighted by Crippen LogP contribution is 2.13. The summed E-state index contributed by atoms with van der Waals surface area (Å²) >= 11 is 0. The second kappa shape index (κ2) is 10.9. The topological polar surface area (TPSA) is 112 Å². The first-order valence-corrected chi connectivity index (χ1v) is 8.95. The molecule has 0 bridgehead atoms. The number of nitrogens with zero attached hydrogens (tertiary/aromatic N) is 2. The van der Waals surface area contributed by atoms with E-state index in [4.69, 9.17) is 14.7 Å². The normalized spacial score (nSPS) is 14.9. The third-order valence-electron chi connectivity index (χ3n) is 3.24. The second-order valence-corrected chi connectivity index (χ2v) is 5.98. The molecule has 2 N–H and O–H groups in total. The second-order valence-electron chi connectivity index (χ2n) is 4.96. The molecule has 0 aliphatic carbocycles. The maximum Gasteiger partial charge on any atom is 0.446 e. The first-order valence-electron chi connectivity index (χ1n) is 7.58. The first kappa shape index (κ1) is 20.3. The summed E-state index contributed by atoms with van der Waals surface area (Å²) < 4.78 is 38.3. The lowest BCUT2D eigenvalue weighted by Crippen LogP contribution is -2.37. The van der Waals surface area contributed by atoms with Crippen LogP contribution in [0.2, 0.25) is 0 Å². The van der Waals surface area contributed by atoms with Crippen molar-refractivity contribution in [3.05, 3.63) is 29.8 Å². The molecule has 134 valence electrons. The van der Waals surface area contributed by atoms with E-state index in [-0.39, 0.29) is 5.75 Å². The van der Waals surface area contributed by atoms with Crippen LogP contribution in [-0.4, -0.2) is 63.3 Å². The maximum absolute atomic E-state index is 10.3. The molecule has 1 aromatic rings. The summed E-state index contributed by atoms with van der Waals surface area (Å²) in [5, 5.41) is 6.56. The molecule has 2 rings (SSSR count). The van der Waals surface area contributed by atoms with E-state index in [1.807, 2.05) is 12.9 Å². The Morgan fingerprint density at radius 2 is 1.96 bits per heavy atom. The number of aryl methyl sites for hydroxylation is 1. The molecule has 9 heteroatoms. The number of nitrogens with one attached hydrogen (secondary N) is 1. The number of benzene rings is 1. The van der Waals surface area contributed by atoms with Crippen LogP contribution in [0.5, 0.6) is 5.75 Å². The molecule has 1 aliphatic heterocycles. The molecule has 0 saturated carbocycles. The van der Waals surface area contributed by atoms with Crippen LogP contribution < -0.4 is 4.18 Å². The fourth-order valence-corrected chi connectivity index (χ4v) is 2.33. The van der Waals surface area contributed by atoms with E-state index >= 15 is 0 Å². The molecule has 0 aromatic heterocycles. The van der Waals surface area contributed by atoms with E-state index in [1.54, 1.807) is 12.1 Å². The smallest absolute Gasteiger partial charge is 0.379 e. The number of rotatable bonds is 6. The van der Waals surface area contributed by atoms with Gasteiger partial charge in [0.2, 0.25) is 0 Å². The highest BCUT2D eigenvalue weighted by molar-refractivity contribution is 7.81. The van der Waals surface area contributed by atoms with Crippen molar-refractivity contribution in [1.82, 2.24) is 4.90 Å². The number of aliphatic imine (C=N–C) groups is 1. The highest BCUT2D eigenvalue weighted by Gasteiger charge is 2.08. The molecule has 0 atom stereocenters. The van der Waals surface area contributed by atoms with Crippen LogP contribution in [0.25, 0.3) is 0 Å². The molecular weight excluding hydrogens is 334 g/mol. The van der Waals surface area contributed by atoms with Crippen molar-refractivity contribution in [1.29, 1.82) is 5.41 Å². The third kappa shape index (κ3) is 9.39. The van der Waals surface area contributed by atoms with Gasteiger partial charge in [-0.15, -0.1) is 0 Å². The van der Waals surface area contributed by atoms with Gasteiger partial charge in [0, 0.05) is 19.6 Å². The minimum Gasteiger partial charge on any atom is -0.379 e. The summed E-state index contributed by atoms with van der Waals surface area (Å²) in [6.45, 7) is 7.24. The highest BCUT2D eigenvalue weighted by atomic mass is 32.3. The van der Waals surface area contributed by atoms with Crippen molar-refractivity contribution in [2.24, 2.45) is 4.99 Å². The van der Waals surface area contributed by atoms with Crippen LogP contribution in [0.1, 0.15) is 12.5 Å². The van der Waals surface area contributed by atoms with Gasteiger partial charge in [0.1, 0.15) is 5.75 Å². The largest absolute Gasteiger partial charge is 0.446 e. The summed E-state index contributed by atoms with van der Waals surface area (Å²) in [5.41, 5.74) is 1.07. The zero-order valence-corrected chi connectivity index (χ0v) is 14.5. The molecule has 24 heavy (non-hydrogen) atoms. The van der Waals surface area contributed by atoms with Crippen LogP contribution in [0.4, 0.5) is 0 Å². The van der Waals surface area contributed by atoms with E-state index in [0.29, 0.717) is 6.54 Å². The lowest BCUT2D eigenvalue weighted by atomic mass is 10.2. The summed E-state index contributed by atoms with van der Waals surface area (Å²) in [5.74, 6) is 0.111. The average Bonchev–Trinajstić information content (AvgIpc) is 2.56. The van der Waals surface area contributed by atoms with Crippen molar-refractivity contribution in [2.75, 3.05) is 39.4 Å². The predicted molar refractivity (Wildman–Crippen MR) is 90.3 cm³/mol. The van der Waals surface area contributed by atoms with E-state index in [1.165, 1.54) is 12.1 Å². The van der Waals surface area contributed by atoms with Gasteiger partial charge in [0.25, 0.3) is 0 Å². The van der Waals surface area contributed by atoms with Gasteiger partial charge in [0.15, 0.2) is 0 Å². The summed E-state index contributed by atoms with van der Waals surface area (Å²) in [6, 6.07) is 8.48. The number of hydrogen-bond acceptors (Lipinski definition) is 7. The van der Waals surface area contributed by atoms with Gasteiger partial charge in [-0.2, -0.15) is 8.42 Å². The van der Waals surface area contributed by atoms with E-state index < -0.39 is 10.4 Å². The molecule has 1 aliphatic rings. The number of morpholine rings is 1. The fraction of sp³-hybridized carbons (Fsp3) is 0.533. The van der Waals surface area contributed by atoms with E-state index in [0.717, 1.165) is 44.8 Å². The van der Waals surface area contributed by atoms with Crippen molar-refractivity contribution >= 4 is 16.4 Å². The van der Waals surface area contributed by atoms with E-state index in [2.05, 4.69) is 14.1 Å². The Balaban J connectivity index is 0.000000243. The molecule has 0 unspecified atom stereocenters. The monoisotopic (exact) mass is 357 g/mol. The Kier molecular flexibility index (Phi) is 9.21. The Hall–Kier alpha value is -1.77. The average molecular weight is 357 g/mol. The molecule has 8 nitrogen and oxygen atoms in total. The van der Waals surface area contributed by atoms with Gasteiger partial charge in [-0.25, -0.2) is 10.4 Å². The van der Waals surface area contributed by atoms with Gasteiger partial charge < -0.3 is 8.92 Å². The minimum absolute atomic E-state index is 0.111. The lowest BCUT2D eigenvalue weighted by Gasteiger charge is -2.25. The molecule has 1 saturated heterocycles. The molecular formula is C15H23N3O5S. The Morgan fingerprint density at radius 3 is 2.46 bits per heavy atom. The zero-order valence-electron chi connectivity index (χ0n) is 13.6. The zero-order chi connectivity index (χ0) is 17.8.